The molecule has 0 aliphatic carbocycles. The number of hydrogen-bond donors (Lipinski definition) is 2. The van der Waals surface area contributed by atoms with Gasteiger partial charge in [-0.2, -0.15) is 0 Å². The van der Waals surface area contributed by atoms with Crippen molar-refractivity contribution in [2.24, 2.45) is 5.92 Å². The van der Waals surface area contributed by atoms with Gasteiger partial charge >= 0.3 is 0 Å². The first kappa shape index (κ1) is 11.9. The van der Waals surface area contributed by atoms with Crippen LogP contribution in [0.2, 0.25) is 0 Å². The monoisotopic (exact) mass is 226 g/mol. The van der Waals surface area contributed by atoms with Gasteiger partial charge in [-0.05, 0) is 45.1 Å². The molecule has 92 valence electrons. The van der Waals surface area contributed by atoms with Gasteiger partial charge in [0.25, 0.3) is 0 Å². The lowest BCUT2D eigenvalue weighted by Gasteiger charge is -2.34. The van der Waals surface area contributed by atoms with Crippen LogP contribution in [0.3, 0.4) is 0 Å². The van der Waals surface area contributed by atoms with Crippen LogP contribution in [0.1, 0.15) is 32.6 Å². The van der Waals surface area contributed by atoms with Crippen molar-refractivity contribution >= 4 is 5.91 Å². The van der Waals surface area contributed by atoms with Crippen LogP contribution in [0, 0.1) is 5.92 Å². The predicted octanol–water partition coefficient (Wildman–Crippen LogP) is 0.358. The summed E-state index contributed by atoms with van der Waals surface area (Å²) in [5.41, 5.74) is 0. The zero-order valence-electron chi connectivity index (χ0n) is 9.98. The third kappa shape index (κ3) is 2.55. The molecule has 1 amide bonds. The van der Waals surface area contributed by atoms with Gasteiger partial charge in [0, 0.05) is 13.1 Å². The summed E-state index contributed by atoms with van der Waals surface area (Å²) >= 11 is 0. The van der Waals surface area contributed by atoms with E-state index in [0.29, 0.717) is 5.92 Å². The fourth-order valence-corrected chi connectivity index (χ4v) is 2.72. The smallest absolute Gasteiger partial charge is 0.239 e. The van der Waals surface area contributed by atoms with Crippen LogP contribution in [-0.2, 0) is 4.79 Å². The van der Waals surface area contributed by atoms with Crippen molar-refractivity contribution in [1.29, 1.82) is 0 Å². The van der Waals surface area contributed by atoms with E-state index in [2.05, 4.69) is 5.32 Å². The molecule has 0 saturated carbocycles. The standard InChI is InChI=1S/C12H22N2O2/c1-9(15)10-4-7-14(8-5-10)12(16)11-3-2-6-13-11/h9-11,13,15H,2-8H2,1H3. The predicted molar refractivity (Wildman–Crippen MR) is 62.0 cm³/mol. The first-order valence-electron chi connectivity index (χ1n) is 6.38. The lowest BCUT2D eigenvalue weighted by Crippen LogP contribution is -2.47. The minimum atomic E-state index is -0.234. The molecule has 2 fully saturated rings. The van der Waals surface area contributed by atoms with E-state index in [9.17, 15) is 9.90 Å². The molecule has 2 rings (SSSR count). The molecule has 2 atom stereocenters. The number of nitrogens with one attached hydrogen (secondary N) is 1. The number of nitrogens with zero attached hydrogens (tertiary/aromatic N) is 1. The minimum Gasteiger partial charge on any atom is -0.393 e. The van der Waals surface area contributed by atoms with Crippen LogP contribution in [-0.4, -0.2) is 47.7 Å². The largest absolute Gasteiger partial charge is 0.393 e. The lowest BCUT2D eigenvalue weighted by atomic mass is 9.92. The van der Waals surface area contributed by atoms with Gasteiger partial charge in [0.2, 0.25) is 5.91 Å². The molecule has 0 bridgehead atoms. The van der Waals surface area contributed by atoms with Gasteiger partial charge < -0.3 is 15.3 Å². The Bertz CT molecular complexity index is 241. The SMILES string of the molecule is CC(O)C1CCN(C(=O)C2CCCN2)CC1. The van der Waals surface area contributed by atoms with Crippen molar-refractivity contribution in [3.05, 3.63) is 0 Å². The Morgan fingerprint density at radius 1 is 1.38 bits per heavy atom. The van der Waals surface area contributed by atoms with Gasteiger partial charge in [0.05, 0.1) is 12.1 Å². The van der Waals surface area contributed by atoms with Gasteiger partial charge in [-0.15, -0.1) is 0 Å². The molecule has 0 aromatic carbocycles. The lowest BCUT2D eigenvalue weighted by molar-refractivity contribution is -0.135. The summed E-state index contributed by atoms with van der Waals surface area (Å²) in [4.78, 5) is 14.0. The molecule has 4 nitrogen and oxygen atoms in total. The van der Waals surface area contributed by atoms with Crippen LogP contribution in [0.15, 0.2) is 0 Å². The Balaban J connectivity index is 1.81. The van der Waals surface area contributed by atoms with E-state index in [-0.39, 0.29) is 18.1 Å². The third-order valence-corrected chi connectivity index (χ3v) is 3.89. The summed E-state index contributed by atoms with van der Waals surface area (Å²) in [7, 11) is 0. The molecule has 0 spiro atoms. The van der Waals surface area contributed by atoms with E-state index >= 15 is 0 Å². The molecule has 2 aliphatic rings. The van der Waals surface area contributed by atoms with Crippen LogP contribution >= 0.6 is 0 Å². The highest BCUT2D eigenvalue weighted by atomic mass is 16.3. The van der Waals surface area contributed by atoms with Crippen molar-refractivity contribution in [3.63, 3.8) is 0 Å². The Labute approximate surface area is 97.0 Å². The van der Waals surface area contributed by atoms with Crippen molar-refractivity contribution in [2.45, 2.75) is 44.8 Å². The van der Waals surface area contributed by atoms with E-state index < -0.39 is 0 Å². The Morgan fingerprint density at radius 3 is 2.56 bits per heavy atom. The maximum atomic E-state index is 12.1. The number of hydrogen-bond acceptors (Lipinski definition) is 3. The fourth-order valence-electron chi connectivity index (χ4n) is 2.72. The second kappa shape index (κ2) is 5.15. The van der Waals surface area contributed by atoms with Crippen LogP contribution in [0.4, 0.5) is 0 Å². The number of aliphatic hydroxyl groups is 1. The number of rotatable bonds is 2. The number of aliphatic hydroxyl groups excluding tert-OH is 1. The molecule has 2 aliphatic heterocycles. The van der Waals surface area contributed by atoms with Gasteiger partial charge in [-0.3, -0.25) is 4.79 Å². The van der Waals surface area contributed by atoms with Crippen molar-refractivity contribution in [2.75, 3.05) is 19.6 Å². The molecule has 2 saturated heterocycles. The first-order valence-corrected chi connectivity index (χ1v) is 6.38. The number of likely N-dealkylation sites (tertiary alicyclic amines) is 1. The summed E-state index contributed by atoms with van der Waals surface area (Å²) in [5, 5.41) is 12.7. The Hall–Kier alpha value is -0.610. The Morgan fingerprint density at radius 2 is 2.06 bits per heavy atom. The molecule has 0 radical (unpaired) electrons. The number of carbonyl (C=O) groups is 1. The number of carbonyl (C=O) groups excluding carboxylic acids is 1. The molecule has 2 heterocycles. The number of piperidine rings is 1. The summed E-state index contributed by atoms with van der Waals surface area (Å²) in [6, 6.07) is 0.0584. The summed E-state index contributed by atoms with van der Waals surface area (Å²) < 4.78 is 0. The maximum Gasteiger partial charge on any atom is 0.239 e. The van der Waals surface area contributed by atoms with E-state index in [1.807, 2.05) is 11.8 Å². The van der Waals surface area contributed by atoms with Gasteiger partial charge in [-0.1, -0.05) is 0 Å². The van der Waals surface area contributed by atoms with E-state index in [4.69, 9.17) is 0 Å². The van der Waals surface area contributed by atoms with E-state index in [1.54, 1.807) is 0 Å². The summed E-state index contributed by atoms with van der Waals surface area (Å²) in [5.74, 6) is 0.641. The van der Waals surface area contributed by atoms with Gasteiger partial charge in [0.1, 0.15) is 0 Å². The average molecular weight is 226 g/mol. The van der Waals surface area contributed by atoms with Gasteiger partial charge in [0.15, 0.2) is 0 Å². The minimum absolute atomic E-state index is 0.0584. The molecule has 2 N–H and O–H groups in total. The first-order chi connectivity index (χ1) is 7.68. The van der Waals surface area contributed by atoms with E-state index in [0.717, 1.165) is 45.3 Å². The molecule has 16 heavy (non-hydrogen) atoms. The Kier molecular flexibility index (Phi) is 3.82. The molecular weight excluding hydrogens is 204 g/mol. The van der Waals surface area contributed by atoms with E-state index in [1.165, 1.54) is 0 Å². The van der Waals surface area contributed by atoms with Gasteiger partial charge in [-0.25, -0.2) is 0 Å². The molecule has 0 aromatic rings. The second-order valence-corrected chi connectivity index (χ2v) is 5.05. The summed E-state index contributed by atoms with van der Waals surface area (Å²) in [6.45, 7) is 4.44. The highest BCUT2D eigenvalue weighted by Crippen LogP contribution is 2.21. The van der Waals surface area contributed by atoms with Crippen LogP contribution in [0.5, 0.6) is 0 Å². The van der Waals surface area contributed by atoms with Crippen molar-refractivity contribution in [3.8, 4) is 0 Å². The quantitative estimate of drug-likeness (QED) is 0.715. The van der Waals surface area contributed by atoms with Crippen molar-refractivity contribution < 1.29 is 9.90 Å². The molecular formula is C12H22N2O2. The number of amides is 1. The zero-order valence-corrected chi connectivity index (χ0v) is 9.98. The topological polar surface area (TPSA) is 52.6 Å². The average Bonchev–Trinajstić information content (AvgIpc) is 2.81. The van der Waals surface area contributed by atoms with Crippen molar-refractivity contribution in [1.82, 2.24) is 10.2 Å². The second-order valence-electron chi connectivity index (χ2n) is 5.05. The highest BCUT2D eigenvalue weighted by molar-refractivity contribution is 5.82. The van der Waals surface area contributed by atoms with Crippen LogP contribution < -0.4 is 5.32 Å². The third-order valence-electron chi connectivity index (χ3n) is 3.89. The van der Waals surface area contributed by atoms with Crippen LogP contribution in [0.25, 0.3) is 0 Å². The maximum absolute atomic E-state index is 12.1. The molecule has 0 aromatic heterocycles. The highest BCUT2D eigenvalue weighted by Gasteiger charge is 2.30. The normalized spacial score (nSPS) is 29.4. The summed E-state index contributed by atoms with van der Waals surface area (Å²) in [6.07, 6.45) is 3.74. The fraction of sp³-hybridized carbons (Fsp3) is 0.917. The molecule has 2 unspecified atom stereocenters. The zero-order chi connectivity index (χ0) is 11.5. The molecule has 4 heteroatoms.